The Morgan fingerprint density at radius 1 is 1.25 bits per heavy atom. The van der Waals surface area contributed by atoms with E-state index in [1.54, 1.807) is 0 Å². The van der Waals surface area contributed by atoms with Crippen molar-refractivity contribution in [3.8, 4) is 5.75 Å². The van der Waals surface area contributed by atoms with Gasteiger partial charge in [0.1, 0.15) is 5.75 Å². The van der Waals surface area contributed by atoms with Crippen molar-refractivity contribution < 1.29 is 9.47 Å². The average Bonchev–Trinajstić information content (AvgIpc) is 3.00. The lowest BCUT2D eigenvalue weighted by atomic mass is 9.80. The number of ether oxygens (including phenoxy) is 2. The third-order valence-electron chi connectivity index (χ3n) is 4.96. The van der Waals surface area contributed by atoms with Crippen molar-refractivity contribution in [3.63, 3.8) is 0 Å². The van der Waals surface area contributed by atoms with E-state index in [4.69, 9.17) is 15.3 Å². The van der Waals surface area contributed by atoms with E-state index < -0.39 is 0 Å². The summed E-state index contributed by atoms with van der Waals surface area (Å²) >= 11 is 0. The zero-order valence-electron chi connectivity index (χ0n) is 12.4. The highest BCUT2D eigenvalue weighted by molar-refractivity contribution is 5.46. The molecule has 1 aromatic carbocycles. The molecule has 1 saturated heterocycles. The second kappa shape index (κ2) is 5.35. The topological polar surface area (TPSA) is 56.5 Å². The predicted molar refractivity (Wildman–Crippen MR) is 78.4 cm³/mol. The number of nitrogens with two attached hydrogens (primary N) is 1. The summed E-state index contributed by atoms with van der Waals surface area (Å²) in [6.07, 6.45) is 1.45. The first kappa shape index (κ1) is 13.9. The minimum atomic E-state index is 0.0676. The molecule has 1 aromatic rings. The molecule has 0 aliphatic carbocycles. The van der Waals surface area contributed by atoms with Crippen LogP contribution >= 0.6 is 0 Å². The highest BCUT2D eigenvalue weighted by atomic mass is 16.5. The maximum Gasteiger partial charge on any atom is 0.127 e. The first-order chi connectivity index (χ1) is 9.63. The molecule has 2 heterocycles. The van der Waals surface area contributed by atoms with Gasteiger partial charge in [-0.05, 0) is 25.3 Å². The van der Waals surface area contributed by atoms with Crippen molar-refractivity contribution in [1.82, 2.24) is 5.43 Å². The molecule has 3 N–H and O–H groups in total. The Morgan fingerprint density at radius 3 is 2.70 bits per heavy atom. The normalized spacial score (nSPS) is 33.8. The fraction of sp³-hybridized carbons (Fsp3) is 0.625. The van der Waals surface area contributed by atoms with Crippen LogP contribution in [0.3, 0.4) is 0 Å². The number of hydrogen-bond donors (Lipinski definition) is 2. The predicted octanol–water partition coefficient (Wildman–Crippen LogP) is 2.19. The summed E-state index contributed by atoms with van der Waals surface area (Å²) < 4.78 is 11.8. The fourth-order valence-electron chi connectivity index (χ4n) is 3.76. The molecule has 4 heteroatoms. The van der Waals surface area contributed by atoms with Crippen LogP contribution in [0.15, 0.2) is 18.2 Å². The van der Waals surface area contributed by atoms with Crippen LogP contribution in [-0.4, -0.2) is 18.8 Å². The van der Waals surface area contributed by atoms with Gasteiger partial charge in [-0.2, -0.15) is 0 Å². The summed E-state index contributed by atoms with van der Waals surface area (Å²) in [4.78, 5) is 0. The van der Waals surface area contributed by atoms with E-state index in [-0.39, 0.29) is 18.2 Å². The molecular formula is C16H24N2O2. The van der Waals surface area contributed by atoms with E-state index in [9.17, 15) is 0 Å². The molecule has 0 radical (unpaired) electrons. The Kier molecular flexibility index (Phi) is 3.71. The number of benzene rings is 1. The Morgan fingerprint density at radius 2 is 2.05 bits per heavy atom. The van der Waals surface area contributed by atoms with Crippen LogP contribution in [0.25, 0.3) is 0 Å². The van der Waals surface area contributed by atoms with Crippen LogP contribution in [0.4, 0.5) is 0 Å². The zero-order chi connectivity index (χ0) is 14.3. The molecule has 2 aliphatic heterocycles. The lowest BCUT2D eigenvalue weighted by Crippen LogP contribution is -2.38. The molecule has 3 rings (SSSR count). The van der Waals surface area contributed by atoms with Crippen molar-refractivity contribution in [2.45, 2.75) is 45.4 Å². The highest BCUT2D eigenvalue weighted by Crippen LogP contribution is 2.44. The summed E-state index contributed by atoms with van der Waals surface area (Å²) in [6.45, 7) is 7.29. The van der Waals surface area contributed by atoms with Crippen molar-refractivity contribution in [2.24, 2.45) is 17.7 Å². The van der Waals surface area contributed by atoms with Gasteiger partial charge in [0.25, 0.3) is 0 Å². The van der Waals surface area contributed by atoms with Crippen molar-refractivity contribution >= 4 is 0 Å². The van der Waals surface area contributed by atoms with E-state index in [2.05, 4.69) is 44.4 Å². The summed E-state index contributed by atoms with van der Waals surface area (Å²) in [5, 5.41) is 0. The van der Waals surface area contributed by atoms with Gasteiger partial charge >= 0.3 is 0 Å². The number of para-hydroxylation sites is 1. The largest absolute Gasteiger partial charge is 0.493 e. The van der Waals surface area contributed by atoms with Crippen molar-refractivity contribution in [1.29, 1.82) is 0 Å². The van der Waals surface area contributed by atoms with Gasteiger partial charge in [-0.3, -0.25) is 11.3 Å². The number of hydrogen-bond acceptors (Lipinski definition) is 4. The van der Waals surface area contributed by atoms with Gasteiger partial charge in [0, 0.05) is 17.9 Å². The van der Waals surface area contributed by atoms with Crippen LogP contribution in [0, 0.1) is 11.8 Å². The summed E-state index contributed by atoms with van der Waals surface area (Å²) in [7, 11) is 0. The number of hydrazine groups is 1. The van der Waals surface area contributed by atoms with Gasteiger partial charge < -0.3 is 9.47 Å². The third-order valence-corrected chi connectivity index (χ3v) is 4.96. The smallest absolute Gasteiger partial charge is 0.127 e. The van der Waals surface area contributed by atoms with Crippen LogP contribution in [0.5, 0.6) is 5.75 Å². The number of rotatable bonds is 3. The Labute approximate surface area is 120 Å². The summed E-state index contributed by atoms with van der Waals surface area (Å²) in [5.74, 6) is 7.72. The fourth-order valence-corrected chi connectivity index (χ4v) is 3.76. The number of fused-ring (bicyclic) bond motifs is 1. The van der Waals surface area contributed by atoms with Gasteiger partial charge in [-0.25, -0.2) is 0 Å². The highest BCUT2D eigenvalue weighted by Gasteiger charge is 2.43. The van der Waals surface area contributed by atoms with Crippen LogP contribution in [0.1, 0.15) is 37.9 Å². The molecule has 4 nitrogen and oxygen atoms in total. The molecule has 2 aliphatic rings. The molecule has 0 bridgehead atoms. The van der Waals surface area contributed by atoms with E-state index in [1.807, 2.05) is 0 Å². The monoisotopic (exact) mass is 276 g/mol. The average molecular weight is 276 g/mol. The van der Waals surface area contributed by atoms with Gasteiger partial charge in [0.05, 0.1) is 24.9 Å². The van der Waals surface area contributed by atoms with Crippen molar-refractivity contribution in [2.75, 3.05) is 6.61 Å². The molecule has 0 saturated carbocycles. The zero-order valence-corrected chi connectivity index (χ0v) is 12.4. The van der Waals surface area contributed by atoms with Crippen LogP contribution in [0.2, 0.25) is 0 Å². The minimum absolute atomic E-state index is 0.0676. The molecule has 1 fully saturated rings. The van der Waals surface area contributed by atoms with Gasteiger partial charge in [0.15, 0.2) is 0 Å². The van der Waals surface area contributed by atoms with Crippen LogP contribution < -0.4 is 16.0 Å². The maximum atomic E-state index is 5.97. The molecule has 20 heavy (non-hydrogen) atoms. The quantitative estimate of drug-likeness (QED) is 0.656. The lowest BCUT2D eigenvalue weighted by molar-refractivity contribution is 0.0474. The Hall–Kier alpha value is -1.10. The minimum Gasteiger partial charge on any atom is -0.493 e. The van der Waals surface area contributed by atoms with E-state index in [0.29, 0.717) is 11.8 Å². The summed E-state index contributed by atoms with van der Waals surface area (Å²) in [6, 6.07) is 6.43. The molecule has 0 spiro atoms. The second-order valence-corrected chi connectivity index (χ2v) is 6.06. The standard InChI is InChI=1S/C16H24N2O2/c1-9-10(2)20-11(3)14(9)15(18-17)13-6-4-5-12-7-8-19-16(12)13/h4-6,9-11,14-15,18H,7-8,17H2,1-3H3. The van der Waals surface area contributed by atoms with Gasteiger partial charge in [0.2, 0.25) is 0 Å². The Bertz CT molecular complexity index is 491. The molecule has 110 valence electrons. The van der Waals surface area contributed by atoms with E-state index in [0.717, 1.165) is 18.8 Å². The molecule has 0 aromatic heterocycles. The first-order valence-electron chi connectivity index (χ1n) is 7.49. The maximum absolute atomic E-state index is 5.97. The third kappa shape index (κ3) is 2.12. The second-order valence-electron chi connectivity index (χ2n) is 6.06. The molecule has 0 amide bonds. The number of nitrogens with one attached hydrogen (secondary N) is 1. The van der Waals surface area contributed by atoms with Gasteiger partial charge in [-0.15, -0.1) is 0 Å². The van der Waals surface area contributed by atoms with E-state index >= 15 is 0 Å². The summed E-state index contributed by atoms with van der Waals surface area (Å²) in [5.41, 5.74) is 5.47. The molecular weight excluding hydrogens is 252 g/mol. The lowest BCUT2D eigenvalue weighted by Gasteiger charge is -2.29. The van der Waals surface area contributed by atoms with Crippen molar-refractivity contribution in [3.05, 3.63) is 29.3 Å². The Balaban J connectivity index is 1.97. The SMILES string of the molecule is CC1OC(C)C(C(NN)c2cccc3c2OCC3)C1C. The first-order valence-corrected chi connectivity index (χ1v) is 7.49. The van der Waals surface area contributed by atoms with Gasteiger partial charge in [-0.1, -0.05) is 25.1 Å². The van der Waals surface area contributed by atoms with E-state index in [1.165, 1.54) is 11.1 Å². The van der Waals surface area contributed by atoms with Crippen LogP contribution in [-0.2, 0) is 11.2 Å². The molecule has 5 atom stereocenters. The molecule has 5 unspecified atom stereocenters.